The summed E-state index contributed by atoms with van der Waals surface area (Å²) in [6.45, 7) is 0.538. The maximum Gasteiger partial charge on any atom is 0.326 e. The summed E-state index contributed by atoms with van der Waals surface area (Å²) >= 11 is 0. The van der Waals surface area contributed by atoms with Crippen molar-refractivity contribution in [1.82, 2.24) is 14.9 Å². The Morgan fingerprint density at radius 2 is 2.43 bits per heavy atom. The van der Waals surface area contributed by atoms with Crippen LogP contribution in [0.3, 0.4) is 0 Å². The van der Waals surface area contributed by atoms with Gasteiger partial charge in [-0.05, 0) is 6.42 Å². The zero-order chi connectivity index (χ0) is 10.4. The smallest absolute Gasteiger partial charge is 0.326 e. The number of rotatable bonds is 4. The second kappa shape index (κ2) is 5.54. The highest BCUT2D eigenvalue weighted by molar-refractivity contribution is 7.84. The molecule has 0 aliphatic carbocycles. The number of carbonyl (C=O) groups is 1. The van der Waals surface area contributed by atoms with Crippen LogP contribution >= 0.6 is 0 Å². The van der Waals surface area contributed by atoms with Crippen molar-refractivity contribution in [2.45, 2.75) is 6.42 Å². The Labute approximate surface area is 85.0 Å². The highest BCUT2D eigenvalue weighted by atomic mass is 32.2. The molecule has 1 rings (SSSR count). The van der Waals surface area contributed by atoms with Crippen LogP contribution in [0.25, 0.3) is 0 Å². The molecule has 1 N–H and O–H groups in total. The first kappa shape index (κ1) is 10.9. The molecular weight excluding hydrogens is 202 g/mol. The van der Waals surface area contributed by atoms with E-state index in [1.165, 1.54) is 10.9 Å². The number of hydrogen-bond donors (Lipinski definition) is 1. The minimum Gasteiger partial charge on any atom is -0.337 e. The van der Waals surface area contributed by atoms with Gasteiger partial charge in [-0.2, -0.15) is 0 Å². The molecule has 0 saturated heterocycles. The van der Waals surface area contributed by atoms with Gasteiger partial charge in [0.15, 0.2) is 0 Å². The quantitative estimate of drug-likeness (QED) is 0.730. The van der Waals surface area contributed by atoms with E-state index in [1.807, 2.05) is 0 Å². The molecule has 6 heteroatoms. The molecule has 0 aromatic carbocycles. The van der Waals surface area contributed by atoms with Crippen molar-refractivity contribution in [2.24, 2.45) is 0 Å². The predicted molar refractivity (Wildman–Crippen MR) is 54.6 cm³/mol. The number of nitrogens with one attached hydrogen (secondary N) is 1. The number of hydrogen-bond acceptors (Lipinski definition) is 3. The van der Waals surface area contributed by atoms with E-state index in [9.17, 15) is 9.00 Å². The van der Waals surface area contributed by atoms with Gasteiger partial charge in [0, 0.05) is 41.7 Å². The summed E-state index contributed by atoms with van der Waals surface area (Å²) in [7, 11) is -0.787. The van der Waals surface area contributed by atoms with E-state index in [0.29, 0.717) is 12.3 Å². The van der Waals surface area contributed by atoms with Crippen molar-refractivity contribution in [3.8, 4) is 0 Å². The fourth-order valence-corrected chi connectivity index (χ4v) is 1.49. The monoisotopic (exact) mass is 215 g/mol. The molecule has 1 aromatic heterocycles. The number of nitrogens with zero attached hydrogens (tertiary/aromatic N) is 2. The molecule has 5 nitrogen and oxygen atoms in total. The molecule has 1 heterocycles. The SMILES string of the molecule is CS(=O)CCCNC(=O)n1ccnc1. The Kier molecular flexibility index (Phi) is 4.31. The lowest BCUT2D eigenvalue weighted by atomic mass is 10.5. The third kappa shape index (κ3) is 3.69. The summed E-state index contributed by atoms with van der Waals surface area (Å²) in [5.74, 6) is 0.615. The van der Waals surface area contributed by atoms with Crippen LogP contribution in [0.5, 0.6) is 0 Å². The second-order valence-electron chi connectivity index (χ2n) is 2.83. The third-order valence-electron chi connectivity index (χ3n) is 1.62. The lowest BCUT2D eigenvalue weighted by molar-refractivity contribution is 0.242. The molecule has 0 spiro atoms. The Balaban J connectivity index is 2.19. The molecule has 0 aliphatic heterocycles. The summed E-state index contributed by atoms with van der Waals surface area (Å²) in [6.07, 6.45) is 6.93. The minimum atomic E-state index is -0.787. The van der Waals surface area contributed by atoms with Crippen LogP contribution in [-0.2, 0) is 10.8 Å². The Bertz CT molecular complexity index is 310. The first-order chi connectivity index (χ1) is 6.70. The molecule has 0 saturated carbocycles. The van der Waals surface area contributed by atoms with E-state index in [-0.39, 0.29) is 6.03 Å². The average Bonchev–Trinajstić information content (AvgIpc) is 2.64. The number of amides is 1. The van der Waals surface area contributed by atoms with Crippen molar-refractivity contribution in [2.75, 3.05) is 18.6 Å². The normalized spacial score (nSPS) is 12.4. The van der Waals surface area contributed by atoms with Crippen molar-refractivity contribution in [3.05, 3.63) is 18.7 Å². The van der Waals surface area contributed by atoms with Gasteiger partial charge in [0.2, 0.25) is 0 Å². The molecule has 1 atom stereocenters. The zero-order valence-corrected chi connectivity index (χ0v) is 8.79. The lowest BCUT2D eigenvalue weighted by Crippen LogP contribution is -2.29. The first-order valence-corrected chi connectivity index (χ1v) is 5.99. The van der Waals surface area contributed by atoms with E-state index in [4.69, 9.17) is 0 Å². The van der Waals surface area contributed by atoms with Crippen molar-refractivity contribution in [3.63, 3.8) is 0 Å². The van der Waals surface area contributed by atoms with Gasteiger partial charge in [0.25, 0.3) is 0 Å². The minimum absolute atomic E-state index is 0.204. The topological polar surface area (TPSA) is 64.0 Å². The van der Waals surface area contributed by atoms with Crippen molar-refractivity contribution in [1.29, 1.82) is 0 Å². The number of carbonyl (C=O) groups excluding carboxylic acids is 1. The van der Waals surface area contributed by atoms with E-state index in [2.05, 4.69) is 10.3 Å². The second-order valence-corrected chi connectivity index (χ2v) is 4.39. The van der Waals surface area contributed by atoms with Crippen molar-refractivity contribution >= 4 is 16.8 Å². The van der Waals surface area contributed by atoms with Crippen LogP contribution < -0.4 is 5.32 Å². The summed E-state index contributed by atoms with van der Waals surface area (Å²) in [5.41, 5.74) is 0. The molecule has 14 heavy (non-hydrogen) atoms. The maximum atomic E-state index is 11.3. The highest BCUT2D eigenvalue weighted by Gasteiger charge is 2.01. The van der Waals surface area contributed by atoms with Gasteiger partial charge < -0.3 is 5.32 Å². The summed E-state index contributed by atoms with van der Waals surface area (Å²) in [4.78, 5) is 15.0. The fraction of sp³-hybridized carbons (Fsp3) is 0.500. The largest absolute Gasteiger partial charge is 0.337 e. The summed E-state index contributed by atoms with van der Waals surface area (Å²) < 4.78 is 12.1. The van der Waals surface area contributed by atoms with Crippen LogP contribution in [0.2, 0.25) is 0 Å². The fourth-order valence-electron chi connectivity index (χ4n) is 0.941. The maximum absolute atomic E-state index is 11.3. The Morgan fingerprint density at radius 1 is 1.64 bits per heavy atom. The molecule has 0 fully saturated rings. The van der Waals surface area contributed by atoms with Gasteiger partial charge in [0.1, 0.15) is 6.33 Å². The van der Waals surface area contributed by atoms with Gasteiger partial charge in [0.05, 0.1) is 0 Å². The summed E-state index contributed by atoms with van der Waals surface area (Å²) in [5, 5.41) is 2.69. The van der Waals surface area contributed by atoms with Gasteiger partial charge in [-0.3, -0.25) is 8.78 Å². The Morgan fingerprint density at radius 3 is 3.00 bits per heavy atom. The van der Waals surface area contributed by atoms with Crippen molar-refractivity contribution < 1.29 is 9.00 Å². The average molecular weight is 215 g/mol. The van der Waals surface area contributed by atoms with Gasteiger partial charge >= 0.3 is 6.03 Å². The molecule has 0 aliphatic rings. The van der Waals surface area contributed by atoms with Crippen LogP contribution in [0.1, 0.15) is 6.42 Å². The predicted octanol–water partition coefficient (Wildman–Crippen LogP) is 0.209. The van der Waals surface area contributed by atoms with Gasteiger partial charge in [-0.15, -0.1) is 0 Å². The van der Waals surface area contributed by atoms with Crippen LogP contribution in [0.15, 0.2) is 18.7 Å². The number of aromatic nitrogens is 2. The van der Waals surface area contributed by atoms with Crippen LogP contribution in [-0.4, -0.2) is 38.3 Å². The molecule has 1 aromatic rings. The van der Waals surface area contributed by atoms with Gasteiger partial charge in [-0.25, -0.2) is 9.78 Å². The summed E-state index contributed by atoms with van der Waals surface area (Å²) in [6, 6.07) is -0.204. The van der Waals surface area contributed by atoms with E-state index < -0.39 is 10.8 Å². The molecule has 78 valence electrons. The standard InChI is InChI=1S/C8H13N3O2S/c1-14(13)6-2-3-10-8(12)11-5-4-9-7-11/h4-5,7H,2-3,6H2,1H3,(H,10,12). The lowest BCUT2D eigenvalue weighted by Gasteiger charge is -2.03. The zero-order valence-electron chi connectivity index (χ0n) is 7.97. The van der Waals surface area contributed by atoms with Gasteiger partial charge in [-0.1, -0.05) is 0 Å². The highest BCUT2D eigenvalue weighted by Crippen LogP contribution is 1.86. The van der Waals surface area contributed by atoms with E-state index in [1.54, 1.807) is 18.6 Å². The van der Waals surface area contributed by atoms with Crippen LogP contribution in [0, 0.1) is 0 Å². The molecule has 1 amide bonds. The molecule has 0 bridgehead atoms. The molecule has 0 radical (unpaired) electrons. The van der Waals surface area contributed by atoms with Crippen LogP contribution in [0.4, 0.5) is 4.79 Å². The number of imidazole rings is 1. The van der Waals surface area contributed by atoms with E-state index in [0.717, 1.165) is 6.42 Å². The molecular formula is C8H13N3O2S. The van der Waals surface area contributed by atoms with E-state index >= 15 is 0 Å². The Hall–Kier alpha value is -1.17. The third-order valence-corrected chi connectivity index (χ3v) is 2.49. The molecule has 1 unspecified atom stereocenters. The first-order valence-electron chi connectivity index (χ1n) is 4.26.